The summed E-state index contributed by atoms with van der Waals surface area (Å²) < 4.78 is 0. The molecule has 0 radical (unpaired) electrons. The first kappa shape index (κ1) is 15.4. The highest BCUT2D eigenvalue weighted by Gasteiger charge is 2.20. The summed E-state index contributed by atoms with van der Waals surface area (Å²) in [6.45, 7) is 10.3. The van der Waals surface area contributed by atoms with E-state index in [1.807, 2.05) is 0 Å². The molecule has 1 amide bonds. The summed E-state index contributed by atoms with van der Waals surface area (Å²) >= 11 is 0. The van der Waals surface area contributed by atoms with E-state index in [0.29, 0.717) is 12.5 Å². The molecule has 3 N–H and O–H groups in total. The zero-order valence-electron chi connectivity index (χ0n) is 12.2. The summed E-state index contributed by atoms with van der Waals surface area (Å²) in [7, 11) is 0. The van der Waals surface area contributed by atoms with Gasteiger partial charge in [-0.25, -0.2) is 0 Å². The fourth-order valence-corrected chi connectivity index (χ4v) is 2.27. The first-order chi connectivity index (χ1) is 8.40. The van der Waals surface area contributed by atoms with Crippen LogP contribution in [0.4, 0.5) is 0 Å². The number of likely N-dealkylation sites (tertiary alicyclic amines) is 1. The third kappa shape index (κ3) is 6.36. The summed E-state index contributed by atoms with van der Waals surface area (Å²) in [5, 5.41) is 3.16. The minimum absolute atomic E-state index is 0.210. The van der Waals surface area contributed by atoms with Crippen molar-refractivity contribution >= 4 is 5.91 Å². The lowest BCUT2D eigenvalue weighted by Crippen LogP contribution is -2.45. The summed E-state index contributed by atoms with van der Waals surface area (Å²) in [6.07, 6.45) is 3.71. The van der Waals surface area contributed by atoms with Crippen LogP contribution in [0.2, 0.25) is 0 Å². The molecule has 0 unspecified atom stereocenters. The molecule has 1 fully saturated rings. The molecule has 1 saturated heterocycles. The second kappa shape index (κ2) is 7.10. The van der Waals surface area contributed by atoms with Crippen LogP contribution < -0.4 is 11.1 Å². The van der Waals surface area contributed by atoms with Crippen LogP contribution in [0.5, 0.6) is 0 Å². The molecule has 0 saturated carbocycles. The Morgan fingerprint density at radius 1 is 1.33 bits per heavy atom. The summed E-state index contributed by atoms with van der Waals surface area (Å²) in [5.74, 6) is 0.210. The van der Waals surface area contributed by atoms with E-state index in [-0.39, 0.29) is 11.3 Å². The molecule has 4 nitrogen and oxygen atoms in total. The Morgan fingerprint density at radius 3 is 2.44 bits per heavy atom. The smallest absolute Gasteiger partial charge is 0.220 e. The predicted molar refractivity (Wildman–Crippen MR) is 75.3 cm³/mol. The van der Waals surface area contributed by atoms with Crippen molar-refractivity contribution in [3.8, 4) is 0 Å². The van der Waals surface area contributed by atoms with Crippen molar-refractivity contribution in [2.45, 2.75) is 52.5 Å². The molecule has 18 heavy (non-hydrogen) atoms. The maximum atomic E-state index is 11.8. The molecule has 0 aromatic carbocycles. The highest BCUT2D eigenvalue weighted by Crippen LogP contribution is 2.20. The fourth-order valence-electron chi connectivity index (χ4n) is 2.27. The molecular weight excluding hydrogens is 226 g/mol. The molecule has 0 aromatic heterocycles. The van der Waals surface area contributed by atoms with Gasteiger partial charge in [-0.1, -0.05) is 20.8 Å². The van der Waals surface area contributed by atoms with Crippen LogP contribution in [0.1, 0.15) is 46.5 Å². The van der Waals surface area contributed by atoms with Gasteiger partial charge < -0.3 is 16.0 Å². The maximum Gasteiger partial charge on any atom is 0.220 e. The molecule has 106 valence electrons. The number of piperidine rings is 1. The zero-order chi connectivity index (χ0) is 13.6. The predicted octanol–water partition coefficient (Wildman–Crippen LogP) is 1.35. The molecule has 1 aliphatic heterocycles. The van der Waals surface area contributed by atoms with Crippen molar-refractivity contribution < 1.29 is 4.79 Å². The second-order valence-electron chi connectivity index (χ2n) is 6.53. The number of hydrogen-bond acceptors (Lipinski definition) is 3. The number of amides is 1. The Bertz CT molecular complexity index is 252. The Kier molecular flexibility index (Phi) is 6.09. The molecule has 0 spiro atoms. The van der Waals surface area contributed by atoms with Crippen LogP contribution in [0.15, 0.2) is 0 Å². The van der Waals surface area contributed by atoms with Gasteiger partial charge in [0.1, 0.15) is 0 Å². The van der Waals surface area contributed by atoms with Crippen LogP contribution in [-0.4, -0.2) is 43.0 Å². The number of nitrogens with two attached hydrogens (primary N) is 1. The van der Waals surface area contributed by atoms with Crippen molar-refractivity contribution in [3.05, 3.63) is 0 Å². The van der Waals surface area contributed by atoms with E-state index in [1.54, 1.807) is 0 Å². The Labute approximate surface area is 111 Å². The molecular formula is C14H29N3O. The van der Waals surface area contributed by atoms with Gasteiger partial charge >= 0.3 is 0 Å². The van der Waals surface area contributed by atoms with Gasteiger partial charge in [0.15, 0.2) is 0 Å². The van der Waals surface area contributed by atoms with Crippen LogP contribution >= 0.6 is 0 Å². The molecule has 0 aliphatic carbocycles. The van der Waals surface area contributed by atoms with E-state index >= 15 is 0 Å². The number of carbonyl (C=O) groups is 1. The second-order valence-corrected chi connectivity index (χ2v) is 6.53. The minimum atomic E-state index is 0.210. The third-order valence-electron chi connectivity index (χ3n) is 3.50. The lowest BCUT2D eigenvalue weighted by atomic mass is 9.90. The van der Waals surface area contributed by atoms with Gasteiger partial charge in [0.25, 0.3) is 0 Å². The SMILES string of the molecule is CC(C)(C)CCC(=O)NC1CCN(CCN)CC1. The van der Waals surface area contributed by atoms with Crippen molar-refractivity contribution in [2.24, 2.45) is 11.1 Å². The normalized spacial score (nSPS) is 18.9. The monoisotopic (exact) mass is 255 g/mol. The Morgan fingerprint density at radius 2 is 1.94 bits per heavy atom. The molecule has 0 atom stereocenters. The van der Waals surface area contributed by atoms with Gasteiger partial charge in [0, 0.05) is 38.6 Å². The quantitative estimate of drug-likeness (QED) is 0.779. The zero-order valence-corrected chi connectivity index (χ0v) is 12.2. The number of nitrogens with zero attached hydrogens (tertiary/aromatic N) is 1. The third-order valence-corrected chi connectivity index (χ3v) is 3.50. The van der Waals surface area contributed by atoms with Gasteiger partial charge in [-0.05, 0) is 24.7 Å². The maximum absolute atomic E-state index is 11.8. The number of rotatable bonds is 5. The fraction of sp³-hybridized carbons (Fsp3) is 0.929. The Balaban J connectivity index is 2.18. The minimum Gasteiger partial charge on any atom is -0.353 e. The van der Waals surface area contributed by atoms with Crippen molar-refractivity contribution in [1.29, 1.82) is 0 Å². The van der Waals surface area contributed by atoms with E-state index in [4.69, 9.17) is 5.73 Å². The number of hydrogen-bond donors (Lipinski definition) is 2. The Hall–Kier alpha value is -0.610. The van der Waals surface area contributed by atoms with Crippen LogP contribution in [0.25, 0.3) is 0 Å². The number of carbonyl (C=O) groups excluding carboxylic acids is 1. The number of nitrogens with one attached hydrogen (secondary N) is 1. The average molecular weight is 255 g/mol. The van der Waals surface area contributed by atoms with Gasteiger partial charge in [0.2, 0.25) is 5.91 Å². The van der Waals surface area contributed by atoms with Crippen LogP contribution in [0, 0.1) is 5.41 Å². The van der Waals surface area contributed by atoms with E-state index in [9.17, 15) is 4.79 Å². The highest BCUT2D eigenvalue weighted by atomic mass is 16.1. The molecule has 4 heteroatoms. The molecule has 1 heterocycles. The molecule has 1 rings (SSSR count). The standard InChI is InChI=1S/C14H29N3O/c1-14(2,3)7-4-13(18)16-12-5-9-17(10-6-12)11-8-15/h12H,4-11,15H2,1-3H3,(H,16,18). The molecule has 0 bridgehead atoms. The summed E-state index contributed by atoms with van der Waals surface area (Å²) in [6, 6.07) is 0.367. The van der Waals surface area contributed by atoms with E-state index < -0.39 is 0 Å². The van der Waals surface area contributed by atoms with E-state index in [2.05, 4.69) is 31.0 Å². The first-order valence-corrected chi connectivity index (χ1v) is 7.12. The largest absolute Gasteiger partial charge is 0.353 e. The van der Waals surface area contributed by atoms with E-state index in [1.165, 1.54) is 0 Å². The van der Waals surface area contributed by atoms with Crippen LogP contribution in [0.3, 0.4) is 0 Å². The molecule has 0 aromatic rings. The van der Waals surface area contributed by atoms with Gasteiger partial charge in [-0.2, -0.15) is 0 Å². The van der Waals surface area contributed by atoms with Crippen molar-refractivity contribution in [1.82, 2.24) is 10.2 Å². The lowest BCUT2D eigenvalue weighted by molar-refractivity contribution is -0.122. The summed E-state index contributed by atoms with van der Waals surface area (Å²) in [4.78, 5) is 14.2. The van der Waals surface area contributed by atoms with Gasteiger partial charge in [0.05, 0.1) is 0 Å². The van der Waals surface area contributed by atoms with Gasteiger partial charge in [-0.3, -0.25) is 4.79 Å². The van der Waals surface area contributed by atoms with Crippen molar-refractivity contribution in [2.75, 3.05) is 26.2 Å². The van der Waals surface area contributed by atoms with Crippen LogP contribution in [-0.2, 0) is 4.79 Å². The highest BCUT2D eigenvalue weighted by molar-refractivity contribution is 5.76. The van der Waals surface area contributed by atoms with Crippen molar-refractivity contribution in [3.63, 3.8) is 0 Å². The lowest BCUT2D eigenvalue weighted by Gasteiger charge is -2.32. The van der Waals surface area contributed by atoms with E-state index in [0.717, 1.165) is 45.4 Å². The van der Waals surface area contributed by atoms with Gasteiger partial charge in [-0.15, -0.1) is 0 Å². The average Bonchev–Trinajstić information content (AvgIpc) is 2.29. The topological polar surface area (TPSA) is 58.4 Å². The summed E-state index contributed by atoms with van der Waals surface area (Å²) in [5.41, 5.74) is 5.78. The first-order valence-electron chi connectivity index (χ1n) is 7.12. The molecule has 1 aliphatic rings.